The van der Waals surface area contributed by atoms with Gasteiger partial charge in [-0.1, -0.05) is 24.6 Å². The van der Waals surface area contributed by atoms with Gasteiger partial charge in [0.15, 0.2) is 0 Å². The van der Waals surface area contributed by atoms with Crippen molar-refractivity contribution in [3.8, 4) is 0 Å². The van der Waals surface area contributed by atoms with Crippen molar-refractivity contribution >= 4 is 17.5 Å². The van der Waals surface area contributed by atoms with E-state index in [4.69, 9.17) is 0 Å². The smallest absolute Gasteiger partial charge is 0.242 e. The number of carbonyl (C=O) groups excluding carboxylic acids is 2. The van der Waals surface area contributed by atoms with Gasteiger partial charge >= 0.3 is 0 Å². The van der Waals surface area contributed by atoms with Crippen molar-refractivity contribution in [1.82, 2.24) is 10.2 Å². The van der Waals surface area contributed by atoms with E-state index in [1.807, 2.05) is 4.90 Å². The first-order chi connectivity index (χ1) is 12.2. The lowest BCUT2D eigenvalue weighted by Gasteiger charge is -2.30. The van der Waals surface area contributed by atoms with Crippen LogP contribution in [0.3, 0.4) is 0 Å². The summed E-state index contributed by atoms with van der Waals surface area (Å²) < 4.78 is 0. The number of nitrogens with one attached hydrogen (secondary N) is 1. The number of carbonyl (C=O) groups is 2. The van der Waals surface area contributed by atoms with Gasteiger partial charge in [-0.25, -0.2) is 0 Å². The van der Waals surface area contributed by atoms with E-state index in [0.717, 1.165) is 58.2 Å². The number of amides is 2. The number of para-hydroxylation sites is 1. The summed E-state index contributed by atoms with van der Waals surface area (Å²) in [5.74, 6) is 0.273. The quantitative estimate of drug-likeness (QED) is 0.891. The van der Waals surface area contributed by atoms with Gasteiger partial charge in [0.05, 0.1) is 6.54 Å². The van der Waals surface area contributed by atoms with Crippen LogP contribution in [0.1, 0.15) is 37.7 Å². The van der Waals surface area contributed by atoms with Crippen molar-refractivity contribution in [1.29, 1.82) is 0 Å². The zero-order valence-electron chi connectivity index (χ0n) is 14.7. The Morgan fingerprint density at radius 1 is 1.08 bits per heavy atom. The van der Waals surface area contributed by atoms with Crippen LogP contribution in [0.5, 0.6) is 0 Å². The van der Waals surface area contributed by atoms with E-state index in [2.05, 4.69) is 34.5 Å². The first kappa shape index (κ1) is 16.4. The zero-order valence-corrected chi connectivity index (χ0v) is 14.7. The summed E-state index contributed by atoms with van der Waals surface area (Å²) in [5.41, 5.74) is 2.73. The molecule has 134 valence electrons. The molecule has 1 saturated carbocycles. The highest BCUT2D eigenvalue weighted by Crippen LogP contribution is 2.30. The minimum atomic E-state index is 0.0591. The van der Waals surface area contributed by atoms with Gasteiger partial charge in [-0.3, -0.25) is 9.59 Å². The van der Waals surface area contributed by atoms with Crippen LogP contribution >= 0.6 is 0 Å². The predicted octanol–water partition coefficient (Wildman–Crippen LogP) is 1.96. The predicted molar refractivity (Wildman–Crippen MR) is 97.4 cm³/mol. The maximum Gasteiger partial charge on any atom is 0.242 e. The molecule has 0 bridgehead atoms. The van der Waals surface area contributed by atoms with E-state index in [1.54, 1.807) is 0 Å². The Morgan fingerprint density at radius 3 is 2.72 bits per heavy atom. The van der Waals surface area contributed by atoms with Gasteiger partial charge in [-0.05, 0) is 43.7 Å². The van der Waals surface area contributed by atoms with Crippen molar-refractivity contribution in [2.75, 3.05) is 31.1 Å². The monoisotopic (exact) mass is 341 g/mol. The van der Waals surface area contributed by atoms with Gasteiger partial charge in [0.25, 0.3) is 0 Å². The molecule has 1 aliphatic carbocycles. The fourth-order valence-corrected chi connectivity index (χ4v) is 4.28. The average molecular weight is 341 g/mol. The Kier molecular flexibility index (Phi) is 4.64. The second-order valence-electron chi connectivity index (χ2n) is 7.55. The standard InChI is InChI=1S/C20H27N3O2/c24-19(13-21-20(25)16-6-3-7-16)23-11-4-8-17(23)14-22-12-10-15-5-1-2-9-18(15)22/h1-2,5,9,16-17H,3-4,6-8,10-14H2,(H,21,25). The highest BCUT2D eigenvalue weighted by atomic mass is 16.2. The van der Waals surface area contributed by atoms with Crippen molar-refractivity contribution in [3.05, 3.63) is 29.8 Å². The lowest BCUT2D eigenvalue weighted by molar-refractivity contribution is -0.135. The first-order valence-electron chi connectivity index (χ1n) is 9.62. The number of nitrogens with zero attached hydrogens (tertiary/aromatic N) is 2. The number of fused-ring (bicyclic) bond motifs is 1. The van der Waals surface area contributed by atoms with Crippen LogP contribution in [0, 0.1) is 5.92 Å². The summed E-state index contributed by atoms with van der Waals surface area (Å²) in [6.07, 6.45) is 6.29. The number of hydrogen-bond acceptors (Lipinski definition) is 3. The van der Waals surface area contributed by atoms with Crippen molar-refractivity contribution in [3.63, 3.8) is 0 Å². The van der Waals surface area contributed by atoms with E-state index in [-0.39, 0.29) is 30.3 Å². The van der Waals surface area contributed by atoms with Gasteiger partial charge < -0.3 is 15.1 Å². The third-order valence-electron chi connectivity index (χ3n) is 6.00. The van der Waals surface area contributed by atoms with E-state index >= 15 is 0 Å². The molecule has 25 heavy (non-hydrogen) atoms. The Hall–Kier alpha value is -2.04. The van der Waals surface area contributed by atoms with E-state index in [9.17, 15) is 9.59 Å². The fourth-order valence-electron chi connectivity index (χ4n) is 4.28. The minimum Gasteiger partial charge on any atom is -0.369 e. The number of anilines is 1. The Balaban J connectivity index is 1.33. The molecular weight excluding hydrogens is 314 g/mol. The van der Waals surface area contributed by atoms with Crippen LogP contribution in [0.4, 0.5) is 5.69 Å². The van der Waals surface area contributed by atoms with Crippen molar-refractivity contribution in [2.24, 2.45) is 5.92 Å². The molecule has 1 aromatic carbocycles. The number of benzene rings is 1. The third kappa shape index (κ3) is 3.37. The van der Waals surface area contributed by atoms with Gasteiger partial charge in [-0.15, -0.1) is 0 Å². The molecule has 2 aliphatic heterocycles. The molecular formula is C20H27N3O2. The SMILES string of the molecule is O=C(NCC(=O)N1CCCC1CN1CCc2ccccc21)C1CCC1. The molecule has 2 fully saturated rings. The second kappa shape index (κ2) is 7.06. The van der Waals surface area contributed by atoms with Crippen LogP contribution in [-0.4, -0.2) is 48.9 Å². The lowest BCUT2D eigenvalue weighted by Crippen LogP contribution is -2.47. The van der Waals surface area contributed by atoms with Crippen molar-refractivity contribution < 1.29 is 9.59 Å². The molecule has 1 saturated heterocycles. The van der Waals surface area contributed by atoms with Crippen LogP contribution < -0.4 is 10.2 Å². The van der Waals surface area contributed by atoms with Crippen LogP contribution in [-0.2, 0) is 16.0 Å². The largest absolute Gasteiger partial charge is 0.369 e. The number of hydrogen-bond donors (Lipinski definition) is 1. The Labute approximate surface area is 149 Å². The molecule has 1 unspecified atom stereocenters. The minimum absolute atomic E-state index is 0.0591. The molecule has 5 heteroatoms. The maximum atomic E-state index is 12.6. The topological polar surface area (TPSA) is 52.7 Å². The number of likely N-dealkylation sites (tertiary alicyclic amines) is 1. The van der Waals surface area contributed by atoms with Gasteiger partial charge in [-0.2, -0.15) is 0 Å². The van der Waals surface area contributed by atoms with Crippen molar-refractivity contribution in [2.45, 2.75) is 44.6 Å². The average Bonchev–Trinajstić information content (AvgIpc) is 3.19. The van der Waals surface area contributed by atoms with Gasteiger partial charge in [0.2, 0.25) is 11.8 Å². The van der Waals surface area contributed by atoms with Crippen LogP contribution in [0.25, 0.3) is 0 Å². The van der Waals surface area contributed by atoms with Gasteiger partial charge in [0, 0.05) is 37.3 Å². The summed E-state index contributed by atoms with van der Waals surface area (Å²) in [6.45, 7) is 2.91. The highest BCUT2D eigenvalue weighted by molar-refractivity contribution is 5.86. The normalized spacial score (nSPS) is 22.6. The molecule has 2 amide bonds. The Morgan fingerprint density at radius 2 is 1.92 bits per heavy atom. The first-order valence-corrected chi connectivity index (χ1v) is 9.62. The summed E-state index contributed by atoms with van der Waals surface area (Å²) in [4.78, 5) is 29.0. The van der Waals surface area contributed by atoms with E-state index in [0.29, 0.717) is 0 Å². The maximum absolute atomic E-state index is 12.6. The lowest BCUT2D eigenvalue weighted by atomic mass is 9.85. The molecule has 0 radical (unpaired) electrons. The van der Waals surface area contributed by atoms with Gasteiger partial charge in [0.1, 0.15) is 0 Å². The van der Waals surface area contributed by atoms with E-state index < -0.39 is 0 Å². The molecule has 0 aromatic heterocycles. The molecule has 0 spiro atoms. The summed E-state index contributed by atoms with van der Waals surface area (Å²) in [7, 11) is 0. The second-order valence-corrected chi connectivity index (χ2v) is 7.55. The molecule has 5 nitrogen and oxygen atoms in total. The van der Waals surface area contributed by atoms with Crippen LogP contribution in [0.2, 0.25) is 0 Å². The molecule has 1 aromatic rings. The zero-order chi connectivity index (χ0) is 17.2. The third-order valence-corrected chi connectivity index (χ3v) is 6.00. The summed E-state index contributed by atoms with van der Waals surface area (Å²) >= 11 is 0. The fraction of sp³-hybridized carbons (Fsp3) is 0.600. The number of rotatable bonds is 5. The highest BCUT2D eigenvalue weighted by Gasteiger charge is 2.32. The molecule has 2 heterocycles. The van der Waals surface area contributed by atoms with E-state index in [1.165, 1.54) is 11.3 Å². The summed E-state index contributed by atoms with van der Waals surface area (Å²) in [5, 5.41) is 2.85. The molecule has 3 aliphatic rings. The molecule has 1 atom stereocenters. The molecule has 4 rings (SSSR count). The van der Waals surface area contributed by atoms with Crippen LogP contribution in [0.15, 0.2) is 24.3 Å². The molecule has 1 N–H and O–H groups in total. The Bertz CT molecular complexity index is 656. The summed E-state index contributed by atoms with van der Waals surface area (Å²) in [6, 6.07) is 8.83.